The summed E-state index contributed by atoms with van der Waals surface area (Å²) < 4.78 is 6.85. The maximum atomic E-state index is 6.85. The Labute approximate surface area is 197 Å². The molecule has 0 saturated heterocycles. The van der Waals surface area contributed by atoms with E-state index in [-0.39, 0.29) is 5.04 Å². The van der Waals surface area contributed by atoms with Crippen LogP contribution in [0.1, 0.15) is 89.3 Å². The van der Waals surface area contributed by atoms with E-state index in [2.05, 4.69) is 77.9 Å². The zero-order chi connectivity index (χ0) is 22.6. The van der Waals surface area contributed by atoms with Crippen LogP contribution < -0.4 is 4.43 Å². The molecule has 174 valence electrons. The molecule has 0 radical (unpaired) electrons. The van der Waals surface area contributed by atoms with Crippen LogP contribution in [-0.4, -0.2) is 20.3 Å². The van der Waals surface area contributed by atoms with Gasteiger partial charge in [0.15, 0.2) is 0 Å². The third-order valence-electron chi connectivity index (χ3n) is 10.0. The van der Waals surface area contributed by atoms with E-state index in [4.69, 9.17) is 4.43 Å². The van der Waals surface area contributed by atoms with E-state index < -0.39 is 8.32 Å². The van der Waals surface area contributed by atoms with Crippen LogP contribution in [0.3, 0.4) is 0 Å². The summed E-state index contributed by atoms with van der Waals surface area (Å²) in [6.07, 6.45) is 11.8. The second-order valence-electron chi connectivity index (χ2n) is 12.6. The quantitative estimate of drug-likeness (QED) is 0.409. The molecule has 3 aliphatic carbocycles. The minimum atomic E-state index is -1.82. The Morgan fingerprint density at radius 3 is 2.52 bits per heavy atom. The lowest BCUT2D eigenvalue weighted by molar-refractivity contribution is 0.0349. The van der Waals surface area contributed by atoms with Crippen molar-refractivity contribution in [3.05, 3.63) is 28.8 Å². The second kappa shape index (κ2) is 8.42. The average Bonchev–Trinajstić information content (AvgIpc) is 3.03. The molecule has 3 heteroatoms. The van der Waals surface area contributed by atoms with E-state index in [0.717, 1.165) is 30.1 Å². The largest absolute Gasteiger partial charge is 0.543 e. The molecule has 1 nitrogen and oxygen atoms in total. The predicted octanol–water partition coefficient (Wildman–Crippen LogP) is 8.47. The fourth-order valence-electron chi connectivity index (χ4n) is 7.03. The van der Waals surface area contributed by atoms with E-state index >= 15 is 0 Å². The van der Waals surface area contributed by atoms with Crippen molar-refractivity contribution in [2.24, 2.45) is 23.2 Å². The topological polar surface area (TPSA) is 9.23 Å². The smallest absolute Gasteiger partial charge is 0.250 e. The van der Waals surface area contributed by atoms with Crippen molar-refractivity contribution in [1.82, 2.24) is 0 Å². The molecule has 3 aliphatic rings. The van der Waals surface area contributed by atoms with Gasteiger partial charge in [-0.3, -0.25) is 0 Å². The second-order valence-corrected chi connectivity index (χ2v) is 18.2. The van der Waals surface area contributed by atoms with Gasteiger partial charge in [0.2, 0.25) is 8.32 Å². The van der Waals surface area contributed by atoms with Crippen LogP contribution in [0, 0.1) is 23.2 Å². The molecule has 0 unspecified atom stereocenters. The summed E-state index contributed by atoms with van der Waals surface area (Å²) in [5.74, 6) is 6.17. The highest BCUT2D eigenvalue weighted by Gasteiger charge is 2.54. The average molecular weight is 459 g/mol. The molecule has 0 spiro atoms. The first kappa shape index (κ1) is 23.7. The van der Waals surface area contributed by atoms with Gasteiger partial charge in [0, 0.05) is 0 Å². The van der Waals surface area contributed by atoms with Gasteiger partial charge < -0.3 is 4.43 Å². The monoisotopic (exact) mass is 458 g/mol. The summed E-state index contributed by atoms with van der Waals surface area (Å²) in [6.45, 7) is 16.8. The Balaban J connectivity index is 1.63. The Kier molecular flexibility index (Phi) is 6.45. The number of fused-ring (bicyclic) bond motifs is 5. The summed E-state index contributed by atoms with van der Waals surface area (Å²) in [5, 5.41) is 0.239. The van der Waals surface area contributed by atoms with E-state index in [9.17, 15) is 0 Å². The van der Waals surface area contributed by atoms with Gasteiger partial charge in [0.25, 0.3) is 0 Å². The van der Waals surface area contributed by atoms with Crippen LogP contribution in [0.5, 0.6) is 5.75 Å². The van der Waals surface area contributed by atoms with Crippen LogP contribution in [0.4, 0.5) is 0 Å². The molecule has 4 rings (SSSR count). The van der Waals surface area contributed by atoms with Crippen LogP contribution >= 0.6 is 11.8 Å². The molecule has 5 atom stereocenters. The van der Waals surface area contributed by atoms with Crippen molar-refractivity contribution in [2.45, 2.75) is 104 Å². The molecule has 0 bridgehead atoms. The summed E-state index contributed by atoms with van der Waals surface area (Å²) in [5.41, 5.74) is 5.35. The maximum absolute atomic E-state index is 6.85. The summed E-state index contributed by atoms with van der Waals surface area (Å²) >= 11 is 2.07. The number of thioether (sulfide) groups is 1. The Hall–Kier alpha value is -0.413. The van der Waals surface area contributed by atoms with Crippen molar-refractivity contribution in [2.75, 3.05) is 12.0 Å². The third kappa shape index (κ3) is 4.05. The predicted molar refractivity (Wildman–Crippen MR) is 140 cm³/mol. The first-order valence-corrected chi connectivity index (χ1v) is 17.2. The van der Waals surface area contributed by atoms with Crippen molar-refractivity contribution in [3.63, 3.8) is 0 Å². The minimum Gasteiger partial charge on any atom is -0.543 e. The van der Waals surface area contributed by atoms with Crippen LogP contribution in [-0.2, 0) is 12.8 Å². The lowest BCUT2D eigenvalue weighted by atomic mass is 9.54. The Morgan fingerprint density at radius 1 is 1.13 bits per heavy atom. The van der Waals surface area contributed by atoms with Gasteiger partial charge in [0.05, 0.1) is 0 Å². The molecule has 2 saturated carbocycles. The van der Waals surface area contributed by atoms with Crippen molar-refractivity contribution in [1.29, 1.82) is 0 Å². The van der Waals surface area contributed by atoms with Gasteiger partial charge in [-0.15, -0.1) is 0 Å². The number of aryl methyl sites for hydroxylation is 2. The third-order valence-corrected chi connectivity index (χ3v) is 15.1. The minimum absolute atomic E-state index is 0.239. The number of hydrogen-bond donors (Lipinski definition) is 0. The normalized spacial score (nSPS) is 32.9. The standard InChI is InChI=1S/C28H46OSSi/c1-9-19-16-24-20(17-26(19)29-31(7,8)27(2,3)4)10-12-23-22(24)14-15-28(5)21(18-30-6)11-13-25(23)28/h16-17,21-23,25H,9-15,18H2,1-8H3/t21-,22+,23-,25+,28-/m1/s1. The summed E-state index contributed by atoms with van der Waals surface area (Å²) in [4.78, 5) is 0. The van der Waals surface area contributed by atoms with Gasteiger partial charge in [-0.2, -0.15) is 11.8 Å². The van der Waals surface area contributed by atoms with Crippen LogP contribution in [0.2, 0.25) is 18.1 Å². The molecule has 0 aromatic heterocycles. The highest BCUT2D eigenvalue weighted by molar-refractivity contribution is 7.98. The molecule has 1 aromatic carbocycles. The first-order valence-electron chi connectivity index (χ1n) is 12.9. The van der Waals surface area contributed by atoms with E-state index in [1.807, 2.05) is 0 Å². The Morgan fingerprint density at radius 2 is 1.87 bits per heavy atom. The lowest BCUT2D eigenvalue weighted by Crippen LogP contribution is -2.44. The van der Waals surface area contributed by atoms with Crippen molar-refractivity contribution >= 4 is 20.1 Å². The molecule has 1 aromatic rings. The van der Waals surface area contributed by atoms with Gasteiger partial charge in [-0.1, -0.05) is 40.7 Å². The van der Waals surface area contributed by atoms with E-state index in [1.54, 1.807) is 11.1 Å². The number of benzene rings is 1. The first-order chi connectivity index (χ1) is 14.5. The maximum Gasteiger partial charge on any atom is 0.250 e. The molecule has 0 amide bonds. The molecular formula is C28H46OSSi. The molecule has 2 fully saturated rings. The molecule has 0 aliphatic heterocycles. The highest BCUT2D eigenvalue weighted by atomic mass is 32.2. The zero-order valence-electron chi connectivity index (χ0n) is 21.4. The van der Waals surface area contributed by atoms with Gasteiger partial charge in [0.1, 0.15) is 5.75 Å². The molecule has 0 N–H and O–H groups in total. The van der Waals surface area contributed by atoms with Crippen LogP contribution in [0.25, 0.3) is 0 Å². The van der Waals surface area contributed by atoms with Gasteiger partial charge in [-0.25, -0.2) is 0 Å². The van der Waals surface area contributed by atoms with Crippen molar-refractivity contribution < 1.29 is 4.43 Å². The highest BCUT2D eigenvalue weighted by Crippen LogP contribution is 2.63. The number of rotatable bonds is 5. The fraction of sp³-hybridized carbons (Fsp3) is 0.786. The molecular weight excluding hydrogens is 412 g/mol. The SMILES string of the molecule is CCc1cc2c(cc1O[Si](C)(C)C(C)(C)C)CC[C@@H]1[C@@H]2CC[C@]2(C)[C@@H](CSC)CC[C@@H]12. The Bertz CT molecular complexity index is 810. The van der Waals surface area contributed by atoms with E-state index in [1.165, 1.54) is 55.6 Å². The van der Waals surface area contributed by atoms with Crippen LogP contribution in [0.15, 0.2) is 12.1 Å². The van der Waals surface area contributed by atoms with Gasteiger partial charge in [-0.05, 0) is 127 Å². The molecule has 0 heterocycles. The van der Waals surface area contributed by atoms with Gasteiger partial charge >= 0.3 is 0 Å². The van der Waals surface area contributed by atoms with E-state index in [0.29, 0.717) is 5.41 Å². The number of hydrogen-bond acceptors (Lipinski definition) is 2. The summed E-state index contributed by atoms with van der Waals surface area (Å²) in [6, 6.07) is 5.06. The fourth-order valence-corrected chi connectivity index (χ4v) is 9.02. The lowest BCUT2D eigenvalue weighted by Gasteiger charge is -2.51. The van der Waals surface area contributed by atoms with Crippen molar-refractivity contribution in [3.8, 4) is 5.75 Å². The zero-order valence-corrected chi connectivity index (χ0v) is 23.3. The molecule has 31 heavy (non-hydrogen) atoms. The summed E-state index contributed by atoms with van der Waals surface area (Å²) in [7, 11) is -1.82.